The van der Waals surface area contributed by atoms with E-state index in [1.54, 1.807) is 12.4 Å². The smallest absolute Gasteiger partial charge is 0.254 e. The van der Waals surface area contributed by atoms with Crippen LogP contribution in [0.3, 0.4) is 0 Å². The average molecular weight is 327 g/mol. The molecule has 1 aromatic carbocycles. The predicted molar refractivity (Wildman–Crippen MR) is 96.7 cm³/mol. The van der Waals surface area contributed by atoms with Crippen molar-refractivity contribution in [2.45, 2.75) is 20.3 Å². The number of nitrogens with one attached hydrogen (secondary N) is 2. The van der Waals surface area contributed by atoms with Gasteiger partial charge in [-0.3, -0.25) is 4.79 Å². The van der Waals surface area contributed by atoms with Gasteiger partial charge in [0.05, 0.1) is 5.56 Å². The summed E-state index contributed by atoms with van der Waals surface area (Å²) in [7, 11) is 4.02. The van der Waals surface area contributed by atoms with Crippen LogP contribution in [0, 0.1) is 13.8 Å². The molecule has 0 aliphatic heterocycles. The number of rotatable bonds is 7. The highest BCUT2D eigenvalue weighted by molar-refractivity contribution is 5.93. The average Bonchev–Trinajstić information content (AvgIpc) is 2.56. The normalized spacial score (nSPS) is 10.7. The number of aryl methyl sites for hydroxylation is 1. The zero-order valence-electron chi connectivity index (χ0n) is 14.8. The van der Waals surface area contributed by atoms with Crippen LogP contribution < -0.4 is 10.6 Å². The lowest BCUT2D eigenvalue weighted by Gasteiger charge is -2.11. The second kappa shape index (κ2) is 8.40. The number of hydrogen-bond donors (Lipinski definition) is 2. The van der Waals surface area contributed by atoms with E-state index in [2.05, 4.69) is 38.5 Å². The molecule has 0 saturated heterocycles. The number of anilines is 2. The predicted octanol–water partition coefficient (Wildman–Crippen LogP) is 2.52. The van der Waals surface area contributed by atoms with E-state index in [1.807, 2.05) is 33.2 Å². The molecule has 0 atom stereocenters. The van der Waals surface area contributed by atoms with Crippen molar-refractivity contribution >= 4 is 17.5 Å². The Morgan fingerprint density at radius 3 is 2.54 bits per heavy atom. The third-order valence-corrected chi connectivity index (χ3v) is 3.83. The van der Waals surface area contributed by atoms with Crippen LogP contribution in [0.5, 0.6) is 0 Å². The molecule has 0 unspecified atom stereocenters. The molecular weight excluding hydrogens is 302 g/mol. The van der Waals surface area contributed by atoms with Crippen LogP contribution in [-0.2, 0) is 0 Å². The van der Waals surface area contributed by atoms with Crippen molar-refractivity contribution in [1.82, 2.24) is 20.2 Å². The van der Waals surface area contributed by atoms with Gasteiger partial charge in [0, 0.05) is 24.6 Å². The standard InChI is InChI=1S/C18H25N5O/c1-13-7-5-8-16(14(13)2)22-18-20-11-15(12-21-18)17(24)19-9-6-10-23(3)4/h5,7-8,11-12H,6,9-10H2,1-4H3,(H,19,24)(H,20,21,22). The molecule has 24 heavy (non-hydrogen) atoms. The molecule has 0 fully saturated rings. The molecule has 2 rings (SSSR count). The summed E-state index contributed by atoms with van der Waals surface area (Å²) in [6, 6.07) is 6.03. The Kier molecular flexibility index (Phi) is 6.26. The van der Waals surface area contributed by atoms with E-state index >= 15 is 0 Å². The Bertz CT molecular complexity index is 682. The number of hydrogen-bond acceptors (Lipinski definition) is 5. The molecule has 0 spiro atoms. The highest BCUT2D eigenvalue weighted by atomic mass is 16.1. The molecule has 1 amide bonds. The number of carbonyl (C=O) groups is 1. The molecule has 128 valence electrons. The summed E-state index contributed by atoms with van der Waals surface area (Å²) < 4.78 is 0. The summed E-state index contributed by atoms with van der Waals surface area (Å²) >= 11 is 0. The van der Waals surface area contributed by atoms with E-state index in [9.17, 15) is 4.79 Å². The van der Waals surface area contributed by atoms with Crippen molar-refractivity contribution in [3.63, 3.8) is 0 Å². The molecule has 2 aromatic rings. The van der Waals surface area contributed by atoms with Gasteiger partial charge in [0.2, 0.25) is 5.95 Å². The number of benzene rings is 1. The highest BCUT2D eigenvalue weighted by Crippen LogP contribution is 2.20. The first-order chi connectivity index (χ1) is 11.5. The van der Waals surface area contributed by atoms with Gasteiger partial charge in [-0.15, -0.1) is 0 Å². The Balaban J connectivity index is 1.93. The van der Waals surface area contributed by atoms with Crippen LogP contribution in [0.15, 0.2) is 30.6 Å². The van der Waals surface area contributed by atoms with Crippen LogP contribution in [-0.4, -0.2) is 48.0 Å². The third kappa shape index (κ3) is 5.03. The topological polar surface area (TPSA) is 70.2 Å². The molecule has 1 aromatic heterocycles. The van der Waals surface area contributed by atoms with Gasteiger partial charge in [0.1, 0.15) is 0 Å². The second-order valence-corrected chi connectivity index (χ2v) is 6.08. The first-order valence-electron chi connectivity index (χ1n) is 8.05. The maximum Gasteiger partial charge on any atom is 0.254 e. The van der Waals surface area contributed by atoms with Gasteiger partial charge in [-0.05, 0) is 58.1 Å². The molecule has 0 aliphatic carbocycles. The molecule has 1 heterocycles. The van der Waals surface area contributed by atoms with Gasteiger partial charge in [0.15, 0.2) is 0 Å². The lowest BCUT2D eigenvalue weighted by atomic mass is 10.1. The van der Waals surface area contributed by atoms with Gasteiger partial charge < -0.3 is 15.5 Å². The van der Waals surface area contributed by atoms with Crippen LogP contribution >= 0.6 is 0 Å². The van der Waals surface area contributed by atoms with Crippen LogP contribution in [0.2, 0.25) is 0 Å². The number of aromatic nitrogens is 2. The quantitative estimate of drug-likeness (QED) is 0.765. The van der Waals surface area contributed by atoms with Crippen molar-refractivity contribution in [2.24, 2.45) is 0 Å². The van der Waals surface area contributed by atoms with E-state index in [1.165, 1.54) is 5.56 Å². The maximum absolute atomic E-state index is 12.0. The molecule has 2 N–H and O–H groups in total. The van der Waals surface area contributed by atoms with Crippen LogP contribution in [0.25, 0.3) is 0 Å². The van der Waals surface area contributed by atoms with Crippen LogP contribution in [0.4, 0.5) is 11.6 Å². The Morgan fingerprint density at radius 1 is 1.17 bits per heavy atom. The van der Waals surface area contributed by atoms with Crippen molar-refractivity contribution in [2.75, 3.05) is 32.5 Å². The fraction of sp³-hybridized carbons (Fsp3) is 0.389. The summed E-state index contributed by atoms with van der Waals surface area (Å²) in [6.07, 6.45) is 4.00. The van der Waals surface area contributed by atoms with Gasteiger partial charge in [-0.25, -0.2) is 9.97 Å². The lowest BCUT2D eigenvalue weighted by Crippen LogP contribution is -2.27. The van der Waals surface area contributed by atoms with E-state index in [4.69, 9.17) is 0 Å². The number of nitrogens with zero attached hydrogens (tertiary/aromatic N) is 3. The first kappa shape index (κ1) is 17.9. The minimum absolute atomic E-state index is 0.146. The number of amides is 1. The Hall–Kier alpha value is -2.47. The van der Waals surface area contributed by atoms with E-state index in [0.29, 0.717) is 18.1 Å². The zero-order valence-corrected chi connectivity index (χ0v) is 14.8. The van der Waals surface area contributed by atoms with Gasteiger partial charge in [-0.2, -0.15) is 0 Å². The summed E-state index contributed by atoms with van der Waals surface area (Å²) in [5.41, 5.74) is 3.79. The molecular formula is C18H25N5O. The molecule has 0 saturated carbocycles. The fourth-order valence-electron chi connectivity index (χ4n) is 2.22. The van der Waals surface area contributed by atoms with Crippen LogP contribution in [0.1, 0.15) is 27.9 Å². The lowest BCUT2D eigenvalue weighted by molar-refractivity contribution is 0.0951. The summed E-state index contributed by atoms with van der Waals surface area (Å²) in [6.45, 7) is 5.69. The minimum Gasteiger partial charge on any atom is -0.352 e. The Morgan fingerprint density at radius 2 is 1.88 bits per heavy atom. The Labute approximate surface area is 143 Å². The monoisotopic (exact) mass is 327 g/mol. The van der Waals surface area contributed by atoms with Gasteiger partial charge in [0.25, 0.3) is 5.91 Å². The van der Waals surface area contributed by atoms with Crippen molar-refractivity contribution in [3.8, 4) is 0 Å². The van der Waals surface area contributed by atoms with E-state index < -0.39 is 0 Å². The number of carbonyl (C=O) groups excluding carboxylic acids is 1. The molecule has 0 bridgehead atoms. The van der Waals surface area contributed by atoms with E-state index in [-0.39, 0.29) is 5.91 Å². The summed E-state index contributed by atoms with van der Waals surface area (Å²) in [5, 5.41) is 6.06. The van der Waals surface area contributed by atoms with Gasteiger partial charge >= 0.3 is 0 Å². The first-order valence-corrected chi connectivity index (χ1v) is 8.05. The highest BCUT2D eigenvalue weighted by Gasteiger charge is 2.08. The fourth-order valence-corrected chi connectivity index (χ4v) is 2.22. The summed E-state index contributed by atoms with van der Waals surface area (Å²) in [4.78, 5) is 22.6. The molecule has 6 nitrogen and oxygen atoms in total. The van der Waals surface area contributed by atoms with E-state index in [0.717, 1.165) is 24.2 Å². The SMILES string of the molecule is Cc1cccc(Nc2ncc(C(=O)NCCCN(C)C)cn2)c1C. The largest absolute Gasteiger partial charge is 0.352 e. The minimum atomic E-state index is -0.146. The second-order valence-electron chi connectivity index (χ2n) is 6.08. The van der Waals surface area contributed by atoms with Gasteiger partial charge in [-0.1, -0.05) is 12.1 Å². The van der Waals surface area contributed by atoms with Crippen molar-refractivity contribution < 1.29 is 4.79 Å². The maximum atomic E-state index is 12.0. The third-order valence-electron chi connectivity index (χ3n) is 3.83. The molecule has 6 heteroatoms. The zero-order chi connectivity index (χ0) is 17.5. The van der Waals surface area contributed by atoms with Crippen molar-refractivity contribution in [1.29, 1.82) is 0 Å². The molecule has 0 radical (unpaired) electrons. The van der Waals surface area contributed by atoms with Crippen molar-refractivity contribution in [3.05, 3.63) is 47.3 Å². The summed E-state index contributed by atoms with van der Waals surface area (Å²) in [5.74, 6) is 0.333. The molecule has 0 aliphatic rings.